The number of nitrogens with zero attached hydrogens (tertiary/aromatic N) is 2. The fourth-order valence-corrected chi connectivity index (χ4v) is 4.73. The number of aromatic nitrogens is 2. The Hall–Kier alpha value is -3.03. The summed E-state index contributed by atoms with van der Waals surface area (Å²) in [4.78, 5) is 33.6. The van der Waals surface area contributed by atoms with Crippen LogP contribution in [0.2, 0.25) is 0 Å². The molecule has 0 saturated carbocycles. The Morgan fingerprint density at radius 3 is 2.69 bits per heavy atom. The average molecular weight is 420 g/mol. The van der Waals surface area contributed by atoms with Gasteiger partial charge in [0, 0.05) is 22.2 Å². The second-order valence-electron chi connectivity index (χ2n) is 6.35. The highest BCUT2D eigenvalue weighted by molar-refractivity contribution is 8.00. The first-order valence-electron chi connectivity index (χ1n) is 8.93. The molecule has 1 N–H and O–H groups in total. The lowest BCUT2D eigenvalue weighted by atomic mass is 10.1. The maximum Gasteiger partial charge on any atom is 0.234 e. The summed E-state index contributed by atoms with van der Waals surface area (Å²) in [5, 5.41) is 6.67. The molecule has 0 atom stereocenters. The Morgan fingerprint density at radius 1 is 1.07 bits per heavy atom. The van der Waals surface area contributed by atoms with Crippen molar-refractivity contribution in [1.82, 2.24) is 9.97 Å². The number of hydrogen-bond acceptors (Lipinski definition) is 6. The third kappa shape index (κ3) is 4.36. The van der Waals surface area contributed by atoms with Crippen LogP contribution >= 0.6 is 23.1 Å². The van der Waals surface area contributed by atoms with Gasteiger partial charge in [-0.05, 0) is 24.6 Å². The lowest BCUT2D eigenvalue weighted by Gasteiger charge is -2.07. The van der Waals surface area contributed by atoms with E-state index in [1.54, 1.807) is 35.6 Å². The summed E-state index contributed by atoms with van der Waals surface area (Å²) in [5.74, 6) is 0.0178. The zero-order valence-electron chi connectivity index (χ0n) is 15.6. The molecular weight excluding hydrogens is 402 g/mol. The summed E-state index contributed by atoms with van der Waals surface area (Å²) in [7, 11) is 0. The quantitative estimate of drug-likeness (QED) is 0.261. The third-order valence-corrected chi connectivity index (χ3v) is 6.19. The number of ketones is 1. The van der Waals surface area contributed by atoms with Crippen LogP contribution in [0.3, 0.4) is 0 Å². The highest BCUT2D eigenvalue weighted by Gasteiger charge is 2.15. The molecule has 4 rings (SSSR count). The molecule has 4 aromatic rings. The molecule has 1 amide bonds. The second kappa shape index (κ2) is 8.55. The minimum Gasteiger partial charge on any atom is -0.325 e. The molecule has 0 saturated heterocycles. The van der Waals surface area contributed by atoms with E-state index in [0.29, 0.717) is 11.3 Å². The Morgan fingerprint density at radius 2 is 1.90 bits per heavy atom. The van der Waals surface area contributed by atoms with Gasteiger partial charge in [-0.3, -0.25) is 9.59 Å². The van der Waals surface area contributed by atoms with E-state index in [-0.39, 0.29) is 17.4 Å². The smallest absolute Gasteiger partial charge is 0.234 e. The molecule has 144 valence electrons. The third-order valence-electron chi connectivity index (χ3n) is 4.31. The predicted molar refractivity (Wildman–Crippen MR) is 119 cm³/mol. The number of Topliss-reactive ketones (excluding diaryl/α,β-unsaturated/α-hetero) is 1. The summed E-state index contributed by atoms with van der Waals surface area (Å²) in [6.07, 6.45) is 1.53. The average Bonchev–Trinajstić information content (AvgIpc) is 3.18. The van der Waals surface area contributed by atoms with Gasteiger partial charge in [-0.15, -0.1) is 11.3 Å². The molecule has 29 heavy (non-hydrogen) atoms. The first-order chi connectivity index (χ1) is 14.1. The molecule has 2 aromatic heterocycles. The molecule has 0 spiro atoms. The Kier molecular flexibility index (Phi) is 5.69. The molecular formula is C22H17N3O2S2. The van der Waals surface area contributed by atoms with Crippen molar-refractivity contribution >= 4 is 50.7 Å². The highest BCUT2D eigenvalue weighted by Crippen LogP contribution is 2.37. The number of fused-ring (bicyclic) bond motifs is 1. The van der Waals surface area contributed by atoms with Crippen molar-refractivity contribution in [3.63, 3.8) is 0 Å². The molecule has 7 heteroatoms. The van der Waals surface area contributed by atoms with Crippen LogP contribution in [0.5, 0.6) is 0 Å². The van der Waals surface area contributed by atoms with Crippen LogP contribution in [0.25, 0.3) is 21.3 Å². The molecule has 2 aromatic carbocycles. The van der Waals surface area contributed by atoms with Gasteiger partial charge in [-0.2, -0.15) is 0 Å². The van der Waals surface area contributed by atoms with Gasteiger partial charge in [0.05, 0.1) is 11.1 Å². The number of anilines is 1. The van der Waals surface area contributed by atoms with Crippen molar-refractivity contribution in [2.75, 3.05) is 11.1 Å². The number of nitrogens with one attached hydrogen (secondary N) is 1. The molecule has 5 nitrogen and oxygen atoms in total. The lowest BCUT2D eigenvalue weighted by Crippen LogP contribution is -2.14. The van der Waals surface area contributed by atoms with E-state index >= 15 is 0 Å². The van der Waals surface area contributed by atoms with Gasteiger partial charge in [0.15, 0.2) is 5.78 Å². The normalized spacial score (nSPS) is 10.8. The molecule has 0 unspecified atom stereocenters. The summed E-state index contributed by atoms with van der Waals surface area (Å²) in [5.41, 5.74) is 3.35. The number of hydrogen-bond donors (Lipinski definition) is 1. The van der Waals surface area contributed by atoms with Gasteiger partial charge in [-0.1, -0.05) is 54.2 Å². The van der Waals surface area contributed by atoms with Gasteiger partial charge < -0.3 is 5.32 Å². The molecule has 0 aliphatic carbocycles. The second-order valence-corrected chi connectivity index (χ2v) is 8.17. The Labute approximate surface area is 176 Å². The summed E-state index contributed by atoms with van der Waals surface area (Å²) < 4.78 is 0. The molecule has 0 fully saturated rings. The van der Waals surface area contributed by atoms with Crippen LogP contribution in [0, 0.1) is 0 Å². The van der Waals surface area contributed by atoms with Crippen LogP contribution in [0.1, 0.15) is 17.3 Å². The number of benzene rings is 2. The first-order valence-corrected chi connectivity index (χ1v) is 10.8. The van der Waals surface area contributed by atoms with E-state index in [1.807, 2.05) is 18.2 Å². The number of carbonyl (C=O) groups excluding carboxylic acids is 2. The standard InChI is InChI=1S/C22H17N3O2S2/c1-14(26)16-8-5-9-17(10-16)25-19(27)12-29-22-20-18(15-6-3-2-4-7-15)11-28-21(20)23-13-24-22/h2-11,13H,12H2,1H3,(H,25,27). The van der Waals surface area contributed by atoms with E-state index in [2.05, 4.69) is 32.8 Å². The molecule has 2 heterocycles. The van der Waals surface area contributed by atoms with Crippen LogP contribution in [-0.4, -0.2) is 27.4 Å². The number of thioether (sulfide) groups is 1. The monoisotopic (exact) mass is 419 g/mol. The minimum atomic E-state index is -0.154. The molecule has 0 radical (unpaired) electrons. The number of thiophene rings is 1. The number of carbonyl (C=O) groups is 2. The fraction of sp³-hybridized carbons (Fsp3) is 0.0909. The van der Waals surface area contributed by atoms with Gasteiger partial charge in [-0.25, -0.2) is 9.97 Å². The lowest BCUT2D eigenvalue weighted by molar-refractivity contribution is -0.113. The number of rotatable bonds is 6. The van der Waals surface area contributed by atoms with E-state index in [1.165, 1.54) is 25.0 Å². The van der Waals surface area contributed by atoms with Crippen LogP contribution in [0.15, 0.2) is 71.3 Å². The Bertz CT molecular complexity index is 1190. The van der Waals surface area contributed by atoms with Gasteiger partial charge in [0.25, 0.3) is 0 Å². The van der Waals surface area contributed by atoms with Crippen LogP contribution in [-0.2, 0) is 4.79 Å². The van der Waals surface area contributed by atoms with Gasteiger partial charge in [0.2, 0.25) is 5.91 Å². The topological polar surface area (TPSA) is 72.0 Å². The predicted octanol–water partition coefficient (Wildman–Crippen LogP) is 5.29. The molecule has 0 aliphatic heterocycles. The van der Waals surface area contributed by atoms with Crippen molar-refractivity contribution in [2.45, 2.75) is 11.9 Å². The summed E-state index contributed by atoms with van der Waals surface area (Å²) in [6.45, 7) is 1.50. The van der Waals surface area contributed by atoms with Crippen LogP contribution in [0.4, 0.5) is 5.69 Å². The van der Waals surface area contributed by atoms with Crippen molar-refractivity contribution < 1.29 is 9.59 Å². The van der Waals surface area contributed by atoms with E-state index in [4.69, 9.17) is 0 Å². The largest absolute Gasteiger partial charge is 0.325 e. The van der Waals surface area contributed by atoms with E-state index in [9.17, 15) is 9.59 Å². The van der Waals surface area contributed by atoms with Crippen molar-refractivity contribution in [2.24, 2.45) is 0 Å². The summed E-state index contributed by atoms with van der Waals surface area (Å²) >= 11 is 2.94. The van der Waals surface area contributed by atoms with Crippen molar-refractivity contribution in [3.8, 4) is 11.1 Å². The molecule has 0 aliphatic rings. The summed E-state index contributed by atoms with van der Waals surface area (Å²) in [6, 6.07) is 17.0. The maximum absolute atomic E-state index is 12.4. The van der Waals surface area contributed by atoms with Crippen molar-refractivity contribution in [1.29, 1.82) is 0 Å². The number of amides is 1. The van der Waals surface area contributed by atoms with Gasteiger partial charge >= 0.3 is 0 Å². The SMILES string of the molecule is CC(=O)c1cccc(NC(=O)CSc2ncnc3scc(-c4ccccc4)c23)c1. The minimum absolute atomic E-state index is 0.0373. The maximum atomic E-state index is 12.4. The fourth-order valence-electron chi connectivity index (χ4n) is 2.93. The zero-order valence-corrected chi connectivity index (χ0v) is 17.2. The highest BCUT2D eigenvalue weighted by atomic mass is 32.2. The Balaban J connectivity index is 1.53. The first kappa shape index (κ1) is 19.3. The van der Waals surface area contributed by atoms with E-state index in [0.717, 1.165) is 26.4 Å². The van der Waals surface area contributed by atoms with E-state index < -0.39 is 0 Å². The van der Waals surface area contributed by atoms with Crippen LogP contribution < -0.4 is 5.32 Å². The van der Waals surface area contributed by atoms with Gasteiger partial charge in [0.1, 0.15) is 16.2 Å². The zero-order chi connectivity index (χ0) is 20.2. The molecule has 0 bridgehead atoms. The van der Waals surface area contributed by atoms with Crippen molar-refractivity contribution in [3.05, 3.63) is 71.9 Å².